The second-order valence-electron chi connectivity index (χ2n) is 7.38. The van der Waals surface area contributed by atoms with Gasteiger partial charge in [-0.2, -0.15) is 4.31 Å². The molecule has 0 unspecified atom stereocenters. The smallest absolute Gasteiger partial charge is 0.236 e. The number of amides is 1. The molecule has 1 fully saturated rings. The predicted octanol–water partition coefficient (Wildman–Crippen LogP) is 3.92. The van der Waals surface area contributed by atoms with E-state index < -0.39 is 10.0 Å². The van der Waals surface area contributed by atoms with E-state index in [9.17, 15) is 13.2 Å². The Kier molecular flexibility index (Phi) is 8.12. The van der Waals surface area contributed by atoms with Crippen molar-refractivity contribution < 1.29 is 13.2 Å². The number of nitrogens with one attached hydrogen (secondary N) is 1. The van der Waals surface area contributed by atoms with Crippen molar-refractivity contribution in [3.05, 3.63) is 46.3 Å². The van der Waals surface area contributed by atoms with Crippen LogP contribution >= 0.6 is 11.3 Å². The van der Waals surface area contributed by atoms with Crippen LogP contribution in [0.2, 0.25) is 0 Å². The number of carbonyl (C=O) groups excluding carboxylic acids is 1. The maximum Gasteiger partial charge on any atom is 0.236 e. The van der Waals surface area contributed by atoms with Crippen LogP contribution in [0.4, 0.5) is 5.13 Å². The summed E-state index contributed by atoms with van der Waals surface area (Å²) in [6.07, 6.45) is 6.85. The molecule has 30 heavy (non-hydrogen) atoms. The molecule has 9 heteroatoms. The van der Waals surface area contributed by atoms with Crippen LogP contribution in [0.5, 0.6) is 0 Å². The number of aryl methyl sites for hydroxylation is 1. The van der Waals surface area contributed by atoms with Gasteiger partial charge in [0.2, 0.25) is 21.1 Å². The second kappa shape index (κ2) is 10.8. The Morgan fingerprint density at radius 1 is 1.20 bits per heavy atom. The third kappa shape index (κ3) is 6.45. The van der Waals surface area contributed by atoms with Crippen molar-refractivity contribution >= 4 is 38.5 Å². The van der Waals surface area contributed by atoms with E-state index in [0.29, 0.717) is 31.1 Å². The van der Waals surface area contributed by atoms with Crippen LogP contribution < -0.4 is 5.32 Å². The van der Waals surface area contributed by atoms with Crippen LogP contribution in [0.15, 0.2) is 35.7 Å². The number of carbonyl (C=O) groups is 1. The molecule has 1 amide bonds. The minimum Gasteiger partial charge on any atom is -0.300 e. The van der Waals surface area contributed by atoms with Gasteiger partial charge in [-0.25, -0.2) is 8.42 Å². The van der Waals surface area contributed by atoms with Gasteiger partial charge in [-0.3, -0.25) is 4.79 Å². The Morgan fingerprint density at radius 2 is 1.93 bits per heavy atom. The molecule has 162 valence electrons. The molecule has 1 saturated heterocycles. The van der Waals surface area contributed by atoms with Crippen LogP contribution in [-0.4, -0.2) is 41.9 Å². The van der Waals surface area contributed by atoms with E-state index in [2.05, 4.69) is 22.4 Å². The summed E-state index contributed by atoms with van der Waals surface area (Å²) in [5, 5.41) is 13.7. The summed E-state index contributed by atoms with van der Waals surface area (Å²) in [4.78, 5) is 12.6. The van der Waals surface area contributed by atoms with Crippen LogP contribution in [0, 0.1) is 5.92 Å². The highest BCUT2D eigenvalue weighted by Gasteiger charge is 2.30. The van der Waals surface area contributed by atoms with E-state index in [1.165, 1.54) is 21.1 Å². The molecule has 1 aromatic carbocycles. The lowest BCUT2D eigenvalue weighted by molar-refractivity contribution is -0.120. The summed E-state index contributed by atoms with van der Waals surface area (Å²) in [5.74, 6) is -0.329. The molecule has 0 spiro atoms. The van der Waals surface area contributed by atoms with E-state index in [4.69, 9.17) is 0 Å². The first-order chi connectivity index (χ1) is 14.5. The van der Waals surface area contributed by atoms with E-state index in [0.717, 1.165) is 36.3 Å². The number of anilines is 1. The van der Waals surface area contributed by atoms with Crippen molar-refractivity contribution in [3.8, 4) is 0 Å². The Balaban J connectivity index is 1.48. The third-order valence-electron chi connectivity index (χ3n) is 5.11. The number of hydrogen-bond donors (Lipinski definition) is 1. The number of piperidine rings is 1. The van der Waals surface area contributed by atoms with Gasteiger partial charge in [0.15, 0.2) is 0 Å². The van der Waals surface area contributed by atoms with Gasteiger partial charge >= 0.3 is 0 Å². The first-order valence-corrected chi connectivity index (χ1v) is 12.7. The minimum absolute atomic E-state index is 0.108. The second-order valence-corrected chi connectivity index (χ2v) is 10.3. The Labute approximate surface area is 182 Å². The number of sulfonamides is 1. The molecule has 0 atom stereocenters. The Morgan fingerprint density at radius 3 is 2.63 bits per heavy atom. The molecular weight excluding hydrogens is 420 g/mol. The van der Waals surface area contributed by atoms with Gasteiger partial charge in [-0.15, -0.1) is 10.2 Å². The van der Waals surface area contributed by atoms with Crippen molar-refractivity contribution in [1.29, 1.82) is 0 Å². The molecule has 1 aliphatic heterocycles. The van der Waals surface area contributed by atoms with Gasteiger partial charge in [0.05, 0.1) is 0 Å². The molecular formula is C21H28N4O3S2. The normalized spacial score (nSPS) is 16.2. The van der Waals surface area contributed by atoms with Crippen molar-refractivity contribution in [3.63, 3.8) is 0 Å². The highest BCUT2D eigenvalue weighted by Crippen LogP contribution is 2.24. The molecule has 7 nitrogen and oxygen atoms in total. The largest absolute Gasteiger partial charge is 0.300 e. The molecule has 0 saturated carbocycles. The van der Waals surface area contributed by atoms with E-state index in [1.54, 1.807) is 6.08 Å². The monoisotopic (exact) mass is 448 g/mol. The summed E-state index contributed by atoms with van der Waals surface area (Å²) in [6, 6.07) is 9.32. The zero-order chi connectivity index (χ0) is 21.4. The zero-order valence-electron chi connectivity index (χ0n) is 17.2. The lowest BCUT2D eigenvalue weighted by Gasteiger charge is -2.29. The summed E-state index contributed by atoms with van der Waals surface area (Å²) < 4.78 is 26.6. The quantitative estimate of drug-likeness (QED) is 0.587. The molecule has 0 radical (unpaired) electrons. The number of benzene rings is 1. The van der Waals surface area contributed by atoms with Crippen LogP contribution in [0.3, 0.4) is 0 Å². The fourth-order valence-electron chi connectivity index (χ4n) is 3.33. The first-order valence-electron chi connectivity index (χ1n) is 10.3. The van der Waals surface area contributed by atoms with Crippen molar-refractivity contribution in [2.24, 2.45) is 5.92 Å². The fraction of sp³-hybridized carbons (Fsp3) is 0.476. The van der Waals surface area contributed by atoms with Gasteiger partial charge in [0.25, 0.3) is 0 Å². The van der Waals surface area contributed by atoms with Crippen LogP contribution in [0.1, 0.15) is 49.6 Å². The number of aromatic nitrogens is 2. The van der Waals surface area contributed by atoms with Crippen molar-refractivity contribution in [2.45, 2.75) is 45.4 Å². The predicted molar refractivity (Wildman–Crippen MR) is 120 cm³/mol. The SMILES string of the molecule is CCCCCc1nnc(NC(=O)C2CCN(S(=O)(=O)/C=C/c3ccccc3)CC2)s1. The lowest BCUT2D eigenvalue weighted by atomic mass is 9.97. The standard InChI is InChI=1S/C21H28N4O3S2/c1-2-3-5-10-19-23-24-21(29-19)22-20(26)18-11-14-25(15-12-18)30(27,28)16-13-17-8-6-4-7-9-17/h4,6-9,13,16,18H,2-3,5,10-12,14-15H2,1H3,(H,22,24,26)/b16-13+. The van der Waals surface area contributed by atoms with Gasteiger partial charge in [-0.05, 0) is 30.9 Å². The average molecular weight is 449 g/mol. The van der Waals surface area contributed by atoms with Crippen molar-refractivity contribution in [2.75, 3.05) is 18.4 Å². The summed E-state index contributed by atoms with van der Waals surface area (Å²) in [7, 11) is -3.50. The van der Waals surface area contributed by atoms with Gasteiger partial charge < -0.3 is 5.32 Å². The van der Waals surface area contributed by atoms with Crippen LogP contribution in [-0.2, 0) is 21.2 Å². The van der Waals surface area contributed by atoms with Crippen molar-refractivity contribution in [1.82, 2.24) is 14.5 Å². The highest BCUT2D eigenvalue weighted by molar-refractivity contribution is 7.92. The molecule has 1 N–H and O–H groups in total. The molecule has 2 aromatic rings. The van der Waals surface area contributed by atoms with E-state index in [1.807, 2.05) is 30.3 Å². The number of unbranched alkanes of at least 4 members (excludes halogenated alkanes) is 2. The fourth-order valence-corrected chi connectivity index (χ4v) is 5.33. The number of hydrogen-bond acceptors (Lipinski definition) is 6. The highest BCUT2D eigenvalue weighted by atomic mass is 32.2. The molecule has 1 aromatic heterocycles. The maximum atomic E-state index is 12.6. The number of rotatable bonds is 9. The molecule has 0 bridgehead atoms. The van der Waals surface area contributed by atoms with Gasteiger partial charge in [0, 0.05) is 30.8 Å². The van der Waals surface area contributed by atoms with E-state index in [-0.39, 0.29) is 11.8 Å². The van der Waals surface area contributed by atoms with Gasteiger partial charge in [-0.1, -0.05) is 61.4 Å². The Bertz CT molecular complexity index is 950. The lowest BCUT2D eigenvalue weighted by Crippen LogP contribution is -2.40. The third-order valence-corrected chi connectivity index (χ3v) is 7.57. The molecule has 1 aliphatic rings. The summed E-state index contributed by atoms with van der Waals surface area (Å²) in [6.45, 7) is 2.82. The van der Waals surface area contributed by atoms with Crippen LogP contribution in [0.25, 0.3) is 6.08 Å². The minimum atomic E-state index is -3.50. The molecule has 3 rings (SSSR count). The molecule has 2 heterocycles. The van der Waals surface area contributed by atoms with Gasteiger partial charge in [0.1, 0.15) is 5.01 Å². The summed E-state index contributed by atoms with van der Waals surface area (Å²) in [5.41, 5.74) is 0.835. The molecule has 0 aliphatic carbocycles. The Hall–Kier alpha value is -2.10. The number of nitrogens with zero attached hydrogens (tertiary/aromatic N) is 3. The summed E-state index contributed by atoms with van der Waals surface area (Å²) >= 11 is 1.42. The first kappa shape index (κ1) is 22.6. The zero-order valence-corrected chi connectivity index (χ0v) is 18.8. The maximum absolute atomic E-state index is 12.6. The topological polar surface area (TPSA) is 92.3 Å². The average Bonchev–Trinajstić information content (AvgIpc) is 3.20. The van der Waals surface area contributed by atoms with E-state index >= 15 is 0 Å².